The van der Waals surface area contributed by atoms with Crippen molar-refractivity contribution in [2.45, 2.75) is 38.5 Å². The first-order chi connectivity index (χ1) is 36.2. The highest BCUT2D eigenvalue weighted by Gasteiger charge is 2.23. The van der Waals surface area contributed by atoms with E-state index >= 15 is 0 Å². The summed E-state index contributed by atoms with van der Waals surface area (Å²) in [6.07, 6.45) is 18.4. The van der Waals surface area contributed by atoms with Crippen LogP contribution in [0, 0.1) is 22.7 Å². The second-order valence-corrected chi connectivity index (χ2v) is 18.0. The number of carbonyl (C=O) groups is 2. The molecule has 0 saturated heterocycles. The van der Waals surface area contributed by atoms with Gasteiger partial charge in [-0.25, -0.2) is 9.59 Å². The Kier molecular flexibility index (Phi) is 14.0. The van der Waals surface area contributed by atoms with E-state index in [9.17, 15) is 30.3 Å². The summed E-state index contributed by atoms with van der Waals surface area (Å²) in [5.74, 6) is 0.555. The summed E-state index contributed by atoms with van der Waals surface area (Å²) >= 11 is 0. The Hall–Kier alpha value is -9.90. The van der Waals surface area contributed by atoms with Gasteiger partial charge in [-0.3, -0.25) is 0 Å². The lowest BCUT2D eigenvalue weighted by Gasteiger charge is -2.32. The molecule has 7 aromatic carbocycles. The van der Waals surface area contributed by atoms with Gasteiger partial charge >= 0.3 is 11.9 Å². The second kappa shape index (κ2) is 21.6. The van der Waals surface area contributed by atoms with E-state index in [0.717, 1.165) is 101 Å². The Morgan fingerprint density at radius 2 is 0.932 bits per heavy atom. The van der Waals surface area contributed by atoms with Crippen molar-refractivity contribution >= 4 is 63.7 Å². The molecule has 0 bridgehead atoms. The van der Waals surface area contributed by atoms with E-state index in [4.69, 9.17) is 9.47 Å². The molecule has 0 aliphatic heterocycles. The highest BCUT2D eigenvalue weighted by atomic mass is 16.5. The molecule has 7 aromatic rings. The molecule has 0 amide bonds. The molecule has 0 aromatic heterocycles. The molecule has 74 heavy (non-hydrogen) atoms. The number of aryl methyl sites for hydroxylation is 1. The van der Waals surface area contributed by atoms with Crippen molar-refractivity contribution in [1.29, 1.82) is 10.5 Å². The van der Waals surface area contributed by atoms with Crippen LogP contribution in [0.25, 0.3) is 29.0 Å². The fourth-order valence-electron chi connectivity index (χ4n) is 9.51. The first-order valence-electron chi connectivity index (χ1n) is 24.3. The quantitative estimate of drug-likeness (QED) is 0.0752. The van der Waals surface area contributed by atoms with Crippen molar-refractivity contribution in [2.24, 2.45) is 0 Å². The number of rotatable bonds is 15. The molecule has 10 rings (SSSR count). The average molecular weight is 969 g/mol. The highest BCUT2D eigenvalue weighted by Crippen LogP contribution is 2.41. The summed E-state index contributed by atoms with van der Waals surface area (Å²) in [5, 5.41) is 39.9. The lowest BCUT2D eigenvalue weighted by atomic mass is 9.89. The molecular weight excluding hydrogens is 921 g/mol. The Labute approximate surface area is 429 Å². The van der Waals surface area contributed by atoms with E-state index in [0.29, 0.717) is 16.9 Å². The minimum atomic E-state index is -1.28. The number of hydrogen-bond donors (Lipinski definition) is 2. The number of allylic oxidation sites excluding steroid dienone is 9. The lowest BCUT2D eigenvalue weighted by molar-refractivity contribution is -0.133. The summed E-state index contributed by atoms with van der Waals surface area (Å²) in [7, 11) is 0. The Morgan fingerprint density at radius 1 is 0.473 bits per heavy atom. The average Bonchev–Trinajstić information content (AvgIpc) is 3.44. The smallest absolute Gasteiger partial charge is 0.346 e. The van der Waals surface area contributed by atoms with Crippen LogP contribution in [-0.2, 0) is 16.0 Å². The van der Waals surface area contributed by atoms with E-state index in [1.165, 1.54) is 34.4 Å². The molecule has 3 aliphatic rings. The van der Waals surface area contributed by atoms with Gasteiger partial charge in [0.15, 0.2) is 0 Å². The molecule has 3 aliphatic carbocycles. The van der Waals surface area contributed by atoms with Gasteiger partial charge in [-0.1, -0.05) is 91.0 Å². The van der Waals surface area contributed by atoms with Crippen LogP contribution in [0.2, 0.25) is 0 Å². The van der Waals surface area contributed by atoms with Gasteiger partial charge < -0.3 is 29.5 Å². The van der Waals surface area contributed by atoms with Crippen LogP contribution in [0.15, 0.2) is 228 Å². The zero-order valence-electron chi connectivity index (χ0n) is 40.2. The van der Waals surface area contributed by atoms with E-state index in [1.54, 1.807) is 12.1 Å². The first kappa shape index (κ1) is 47.8. The normalized spacial score (nSPS) is 14.4. The van der Waals surface area contributed by atoms with Gasteiger partial charge in [0.25, 0.3) is 0 Å². The zero-order valence-corrected chi connectivity index (χ0v) is 40.2. The number of nitriles is 2. The third-order valence-electron chi connectivity index (χ3n) is 13.3. The maximum atomic E-state index is 11.6. The molecule has 0 radical (unpaired) electrons. The summed E-state index contributed by atoms with van der Waals surface area (Å²) in [4.78, 5) is 27.6. The molecule has 0 heterocycles. The number of anilines is 4. The number of hydrogen-bond acceptors (Lipinski definition) is 8. The summed E-state index contributed by atoms with van der Waals surface area (Å²) in [5.41, 5.74) is 11.3. The largest absolute Gasteiger partial charge is 0.477 e. The molecule has 0 atom stereocenters. The predicted molar refractivity (Wildman–Crippen MR) is 291 cm³/mol. The molecule has 0 fully saturated rings. The fraction of sp³-hybridized carbons (Fsp3) is 0.0938. The summed E-state index contributed by atoms with van der Waals surface area (Å²) < 4.78 is 12.7. The van der Waals surface area contributed by atoms with Crippen LogP contribution in [0.1, 0.15) is 54.4 Å². The van der Waals surface area contributed by atoms with Crippen molar-refractivity contribution in [3.05, 3.63) is 250 Å². The molecular formula is C64H48N4O6. The fourth-order valence-corrected chi connectivity index (χ4v) is 9.51. The van der Waals surface area contributed by atoms with Gasteiger partial charge in [0.1, 0.15) is 46.3 Å². The van der Waals surface area contributed by atoms with Crippen molar-refractivity contribution in [3.8, 4) is 29.4 Å². The second-order valence-electron chi connectivity index (χ2n) is 18.0. The van der Waals surface area contributed by atoms with Gasteiger partial charge in [0, 0.05) is 40.6 Å². The van der Waals surface area contributed by atoms with E-state index in [2.05, 4.69) is 82.6 Å². The maximum absolute atomic E-state index is 11.6. The van der Waals surface area contributed by atoms with Gasteiger partial charge in [-0.2, -0.15) is 10.5 Å². The van der Waals surface area contributed by atoms with Crippen LogP contribution in [-0.4, -0.2) is 22.2 Å². The van der Waals surface area contributed by atoms with Crippen LogP contribution in [0.3, 0.4) is 0 Å². The van der Waals surface area contributed by atoms with Crippen molar-refractivity contribution < 1.29 is 29.3 Å². The molecule has 360 valence electrons. The minimum Gasteiger partial charge on any atom is -0.477 e. The molecule has 10 nitrogen and oxygen atoms in total. The monoisotopic (exact) mass is 968 g/mol. The molecule has 2 N–H and O–H groups in total. The van der Waals surface area contributed by atoms with E-state index in [-0.39, 0.29) is 11.1 Å². The number of nitrogens with zero attached hydrogens (tertiary/aromatic N) is 4. The maximum Gasteiger partial charge on any atom is 0.346 e. The Balaban J connectivity index is 0.928. The molecule has 10 heteroatoms. The predicted octanol–water partition coefficient (Wildman–Crippen LogP) is 15.2. The van der Waals surface area contributed by atoms with Crippen LogP contribution < -0.4 is 19.3 Å². The van der Waals surface area contributed by atoms with Crippen molar-refractivity contribution in [1.82, 2.24) is 0 Å². The number of aliphatic carboxylic acids is 2. The van der Waals surface area contributed by atoms with Gasteiger partial charge in [-0.15, -0.1) is 0 Å². The van der Waals surface area contributed by atoms with Crippen LogP contribution >= 0.6 is 0 Å². The highest BCUT2D eigenvalue weighted by molar-refractivity contribution is 5.97. The van der Waals surface area contributed by atoms with Crippen molar-refractivity contribution in [3.63, 3.8) is 0 Å². The Morgan fingerprint density at radius 3 is 1.42 bits per heavy atom. The van der Waals surface area contributed by atoms with Crippen molar-refractivity contribution in [2.75, 3.05) is 9.80 Å². The zero-order chi connectivity index (χ0) is 51.0. The van der Waals surface area contributed by atoms with Crippen LogP contribution in [0.5, 0.6) is 17.2 Å². The molecule has 0 unspecified atom stereocenters. The van der Waals surface area contributed by atoms with Crippen LogP contribution in [0.4, 0.5) is 22.7 Å². The third-order valence-corrected chi connectivity index (χ3v) is 13.3. The number of carboxylic acids is 2. The minimum absolute atomic E-state index is 0.337. The topological polar surface area (TPSA) is 147 Å². The van der Waals surface area contributed by atoms with Gasteiger partial charge in [0.05, 0.1) is 0 Å². The third kappa shape index (κ3) is 10.9. The molecule has 0 saturated carbocycles. The first-order valence-corrected chi connectivity index (χ1v) is 24.3. The SMILES string of the molecule is N#C/C(=C\c1ccc(N(C2=CC=C(C3=CC=C(N(c4ccc(/C=C(\C#N)C(=O)O)cc4)c4ccc(Oc5ccc6ccccc6c5)cc4)CC3)CC2)c2ccc(OC3=Cc4ccccc4CC3)cc2)cc1)C(=O)O. The van der Waals surface area contributed by atoms with Gasteiger partial charge in [-0.05, 0) is 192 Å². The van der Waals surface area contributed by atoms with E-state index in [1.807, 2.05) is 121 Å². The standard InChI is InChI=1S/C64H48N4O6/c65-41-51(63(69)70)37-43-9-19-53(20-10-43)67(57-27-33-59(34-28-57)73-61-31-17-45-5-1-3-7-49(45)39-61)55-23-13-47(14-24-55)48-15-25-56(26-16-48)68(54-21-11-44(12-22-54)38-52(42-66)64(71)72)58-29-35-60(36-30-58)74-62-32-18-46-6-2-4-8-50(46)40-62/h1-13,15,17,19-23,25,27-31,33-40H,14,16,18,24,26,32H2,(H,69,70)(H,71,72)/b51-37+,52-38+. The molecule has 0 spiro atoms. The summed E-state index contributed by atoms with van der Waals surface area (Å²) in [6.45, 7) is 0. The Bertz CT molecular complexity index is 3620. The number of fused-ring (bicyclic) bond motifs is 2. The number of benzene rings is 7. The van der Waals surface area contributed by atoms with E-state index < -0.39 is 11.9 Å². The summed E-state index contributed by atoms with van der Waals surface area (Å²) in [6, 6.07) is 57.2. The number of ether oxygens (including phenoxy) is 2. The van der Waals surface area contributed by atoms with Gasteiger partial charge in [0.2, 0.25) is 0 Å². The number of carboxylic acid groups (broad SMARTS) is 2. The lowest BCUT2D eigenvalue weighted by Crippen LogP contribution is -2.19.